The van der Waals surface area contributed by atoms with Crippen molar-refractivity contribution in [3.8, 4) is 0 Å². The molecule has 0 aromatic carbocycles. The van der Waals surface area contributed by atoms with Crippen LogP contribution in [0.15, 0.2) is 23.4 Å². The van der Waals surface area contributed by atoms with Crippen molar-refractivity contribution >= 4 is 15.7 Å². The molecule has 0 radical (unpaired) electrons. The topological polar surface area (TPSA) is 94.3 Å². The summed E-state index contributed by atoms with van der Waals surface area (Å²) in [5, 5.41) is -0.103. The number of nitrogens with two attached hydrogens (primary N) is 1. The highest BCUT2D eigenvalue weighted by atomic mass is 32.2. The molecule has 7 heteroatoms. The summed E-state index contributed by atoms with van der Waals surface area (Å²) < 4.78 is 32.4. The van der Waals surface area contributed by atoms with E-state index < -0.39 is 10.0 Å². The van der Waals surface area contributed by atoms with Gasteiger partial charge >= 0.3 is 0 Å². The zero-order valence-electron chi connectivity index (χ0n) is 10.9. The second-order valence-electron chi connectivity index (χ2n) is 4.76. The van der Waals surface area contributed by atoms with E-state index in [-0.39, 0.29) is 22.7 Å². The molecule has 3 N–H and O–H groups in total. The molecule has 0 amide bonds. The van der Waals surface area contributed by atoms with Gasteiger partial charge in [-0.25, -0.2) is 18.1 Å². The third kappa shape index (κ3) is 3.43. The Morgan fingerprint density at radius 1 is 1.47 bits per heavy atom. The SMILES string of the molecule is CC(NS(=O)(=O)c1ncccc1N)C1CCOCC1. The average Bonchev–Trinajstić information content (AvgIpc) is 2.39. The lowest BCUT2D eigenvalue weighted by molar-refractivity contribution is 0.0585. The Bertz CT molecular complexity index is 527. The first-order valence-electron chi connectivity index (χ1n) is 6.31. The van der Waals surface area contributed by atoms with Crippen LogP contribution in [0.25, 0.3) is 0 Å². The molecule has 1 aliphatic rings. The largest absolute Gasteiger partial charge is 0.396 e. The molecule has 106 valence electrons. The molecule has 1 fully saturated rings. The molecule has 1 aromatic rings. The zero-order valence-corrected chi connectivity index (χ0v) is 11.7. The highest BCUT2D eigenvalue weighted by Crippen LogP contribution is 2.21. The predicted octanol–water partition coefficient (Wildman–Crippen LogP) is 0.757. The first-order chi connectivity index (χ1) is 9.00. The number of ether oxygens (including phenoxy) is 1. The van der Waals surface area contributed by atoms with Gasteiger partial charge in [0.15, 0.2) is 5.03 Å². The smallest absolute Gasteiger partial charge is 0.260 e. The van der Waals surface area contributed by atoms with E-state index >= 15 is 0 Å². The number of nitrogens with one attached hydrogen (secondary N) is 1. The van der Waals surface area contributed by atoms with Crippen LogP contribution >= 0.6 is 0 Å². The van der Waals surface area contributed by atoms with Crippen molar-refractivity contribution in [2.24, 2.45) is 5.92 Å². The van der Waals surface area contributed by atoms with E-state index in [1.54, 1.807) is 6.07 Å². The van der Waals surface area contributed by atoms with Gasteiger partial charge in [-0.1, -0.05) is 0 Å². The summed E-state index contributed by atoms with van der Waals surface area (Å²) >= 11 is 0. The van der Waals surface area contributed by atoms with Crippen LogP contribution in [0.2, 0.25) is 0 Å². The average molecular weight is 285 g/mol. The second-order valence-corrected chi connectivity index (χ2v) is 6.39. The molecule has 0 spiro atoms. The van der Waals surface area contributed by atoms with Gasteiger partial charge in [-0.2, -0.15) is 0 Å². The van der Waals surface area contributed by atoms with Crippen LogP contribution in [0, 0.1) is 5.92 Å². The van der Waals surface area contributed by atoms with Crippen LogP contribution in [-0.4, -0.2) is 32.7 Å². The van der Waals surface area contributed by atoms with Crippen molar-refractivity contribution in [3.63, 3.8) is 0 Å². The lowest BCUT2D eigenvalue weighted by Crippen LogP contribution is -2.40. The van der Waals surface area contributed by atoms with Crippen molar-refractivity contribution in [2.75, 3.05) is 18.9 Å². The van der Waals surface area contributed by atoms with Crippen molar-refractivity contribution < 1.29 is 13.2 Å². The third-order valence-corrected chi connectivity index (χ3v) is 4.90. The van der Waals surface area contributed by atoms with Gasteiger partial charge in [0.1, 0.15) is 0 Å². The summed E-state index contributed by atoms with van der Waals surface area (Å²) in [5.41, 5.74) is 5.82. The zero-order chi connectivity index (χ0) is 13.9. The first-order valence-corrected chi connectivity index (χ1v) is 7.79. The van der Waals surface area contributed by atoms with Gasteiger partial charge in [0.2, 0.25) is 0 Å². The summed E-state index contributed by atoms with van der Waals surface area (Å²) in [4.78, 5) is 3.85. The van der Waals surface area contributed by atoms with Gasteiger partial charge in [0.05, 0.1) is 5.69 Å². The molecule has 1 aliphatic heterocycles. The van der Waals surface area contributed by atoms with Crippen LogP contribution in [0.5, 0.6) is 0 Å². The van der Waals surface area contributed by atoms with Gasteiger partial charge in [0, 0.05) is 25.5 Å². The van der Waals surface area contributed by atoms with Crippen LogP contribution in [0.3, 0.4) is 0 Å². The van der Waals surface area contributed by atoms with E-state index in [9.17, 15) is 8.42 Å². The van der Waals surface area contributed by atoms with Crippen molar-refractivity contribution in [2.45, 2.75) is 30.8 Å². The maximum absolute atomic E-state index is 12.2. The quantitative estimate of drug-likeness (QED) is 0.851. The summed E-state index contributed by atoms with van der Waals surface area (Å²) in [7, 11) is -3.67. The maximum Gasteiger partial charge on any atom is 0.260 e. The fourth-order valence-corrected chi connectivity index (χ4v) is 3.61. The first kappa shape index (κ1) is 14.2. The van der Waals surface area contributed by atoms with Gasteiger partial charge < -0.3 is 10.5 Å². The molecule has 0 aliphatic carbocycles. The lowest BCUT2D eigenvalue weighted by atomic mass is 9.94. The molecule has 0 bridgehead atoms. The summed E-state index contributed by atoms with van der Waals surface area (Å²) in [6.07, 6.45) is 3.15. The van der Waals surface area contributed by atoms with Crippen LogP contribution in [0.4, 0.5) is 5.69 Å². The molecule has 19 heavy (non-hydrogen) atoms. The molecular formula is C12H19N3O3S. The molecule has 1 aromatic heterocycles. The molecule has 2 rings (SSSR count). The van der Waals surface area contributed by atoms with E-state index in [0.29, 0.717) is 13.2 Å². The number of sulfonamides is 1. The molecular weight excluding hydrogens is 266 g/mol. The Labute approximate surface area is 113 Å². The van der Waals surface area contributed by atoms with Gasteiger partial charge in [-0.3, -0.25) is 0 Å². The molecule has 2 heterocycles. The fourth-order valence-electron chi connectivity index (χ4n) is 2.24. The Morgan fingerprint density at radius 3 is 2.79 bits per heavy atom. The molecule has 0 saturated carbocycles. The molecule has 1 unspecified atom stereocenters. The Morgan fingerprint density at radius 2 is 2.16 bits per heavy atom. The number of hydrogen-bond acceptors (Lipinski definition) is 5. The summed E-state index contributed by atoms with van der Waals surface area (Å²) in [6, 6.07) is 2.98. The van der Waals surface area contributed by atoms with E-state index in [4.69, 9.17) is 10.5 Å². The Hall–Kier alpha value is -1.18. The number of nitrogen functional groups attached to an aromatic ring is 1. The highest BCUT2D eigenvalue weighted by Gasteiger charge is 2.27. The number of hydrogen-bond donors (Lipinski definition) is 2. The minimum absolute atomic E-state index is 0.103. The number of rotatable bonds is 4. The van der Waals surface area contributed by atoms with E-state index in [0.717, 1.165) is 12.8 Å². The normalized spacial score (nSPS) is 19.2. The van der Waals surface area contributed by atoms with Crippen LogP contribution < -0.4 is 10.5 Å². The molecule has 6 nitrogen and oxygen atoms in total. The fraction of sp³-hybridized carbons (Fsp3) is 0.583. The summed E-state index contributed by atoms with van der Waals surface area (Å²) in [6.45, 7) is 3.23. The van der Waals surface area contributed by atoms with E-state index in [2.05, 4.69) is 9.71 Å². The molecule has 1 atom stereocenters. The number of aromatic nitrogens is 1. The van der Waals surface area contributed by atoms with Crippen LogP contribution in [-0.2, 0) is 14.8 Å². The monoisotopic (exact) mass is 285 g/mol. The predicted molar refractivity (Wildman–Crippen MR) is 72.0 cm³/mol. The molecule has 1 saturated heterocycles. The highest BCUT2D eigenvalue weighted by molar-refractivity contribution is 7.89. The number of anilines is 1. The number of nitrogens with zero attached hydrogens (tertiary/aromatic N) is 1. The maximum atomic E-state index is 12.2. The second kappa shape index (κ2) is 5.85. The third-order valence-electron chi connectivity index (χ3n) is 3.37. The number of pyridine rings is 1. The Kier molecular flexibility index (Phi) is 4.38. The van der Waals surface area contributed by atoms with E-state index in [1.165, 1.54) is 12.3 Å². The van der Waals surface area contributed by atoms with Crippen molar-refractivity contribution in [1.29, 1.82) is 0 Å². The van der Waals surface area contributed by atoms with Gasteiger partial charge in [0.25, 0.3) is 10.0 Å². The van der Waals surface area contributed by atoms with Crippen molar-refractivity contribution in [1.82, 2.24) is 9.71 Å². The van der Waals surface area contributed by atoms with Crippen LogP contribution in [0.1, 0.15) is 19.8 Å². The van der Waals surface area contributed by atoms with Gasteiger partial charge in [-0.15, -0.1) is 0 Å². The van der Waals surface area contributed by atoms with Gasteiger partial charge in [-0.05, 0) is 37.8 Å². The Balaban J connectivity index is 2.11. The van der Waals surface area contributed by atoms with Crippen molar-refractivity contribution in [3.05, 3.63) is 18.3 Å². The minimum Gasteiger partial charge on any atom is -0.396 e. The summed E-state index contributed by atoms with van der Waals surface area (Å²) in [5.74, 6) is 0.286. The van der Waals surface area contributed by atoms with E-state index in [1.807, 2.05) is 6.92 Å². The standard InChI is InChI=1S/C12H19N3O3S/c1-9(10-4-7-18-8-5-10)15-19(16,17)12-11(13)3-2-6-14-12/h2-3,6,9-10,15H,4-5,7-8,13H2,1H3. The minimum atomic E-state index is -3.67. The lowest BCUT2D eigenvalue weighted by Gasteiger charge is -2.28.